The van der Waals surface area contributed by atoms with E-state index in [4.69, 9.17) is 18.9 Å². The zero-order valence-electron chi connectivity index (χ0n) is 14.4. The van der Waals surface area contributed by atoms with Crippen molar-refractivity contribution < 1.29 is 18.9 Å². The molecule has 130 valence electrons. The first kappa shape index (κ1) is 16.6. The molecule has 0 radical (unpaired) electrons. The third kappa shape index (κ3) is 3.08. The summed E-state index contributed by atoms with van der Waals surface area (Å²) >= 11 is 0. The molecule has 0 saturated heterocycles. The lowest BCUT2D eigenvalue weighted by Crippen LogP contribution is -2.11. The van der Waals surface area contributed by atoms with E-state index < -0.39 is 0 Å². The molecule has 1 aromatic heterocycles. The molecule has 0 amide bonds. The first-order chi connectivity index (χ1) is 12.1. The van der Waals surface area contributed by atoms with E-state index in [1.54, 1.807) is 51.7 Å². The van der Waals surface area contributed by atoms with Crippen LogP contribution in [0.2, 0.25) is 0 Å². The van der Waals surface area contributed by atoms with Gasteiger partial charge in [0.1, 0.15) is 34.2 Å². The van der Waals surface area contributed by atoms with Crippen LogP contribution in [0.1, 0.15) is 0 Å². The molecule has 0 aliphatic carbocycles. The molecule has 0 bridgehead atoms. The maximum absolute atomic E-state index is 12.6. The molecule has 0 spiro atoms. The van der Waals surface area contributed by atoms with E-state index in [0.717, 1.165) is 0 Å². The van der Waals surface area contributed by atoms with Crippen LogP contribution in [0.3, 0.4) is 0 Å². The Balaban J connectivity index is 2.27. The number of aromatic nitrogens is 2. The van der Waals surface area contributed by atoms with E-state index >= 15 is 0 Å². The summed E-state index contributed by atoms with van der Waals surface area (Å²) in [6.45, 7) is 0. The Labute approximate surface area is 144 Å². The van der Waals surface area contributed by atoms with Gasteiger partial charge in [0.2, 0.25) is 0 Å². The summed E-state index contributed by atoms with van der Waals surface area (Å²) in [4.78, 5) is 19.9. The Morgan fingerprint density at radius 1 is 0.800 bits per heavy atom. The van der Waals surface area contributed by atoms with Crippen molar-refractivity contribution >= 4 is 10.9 Å². The van der Waals surface area contributed by atoms with E-state index in [1.807, 2.05) is 0 Å². The third-order valence-electron chi connectivity index (χ3n) is 3.83. The Morgan fingerprint density at radius 2 is 1.40 bits per heavy atom. The third-order valence-corrected chi connectivity index (χ3v) is 3.83. The van der Waals surface area contributed by atoms with Crippen molar-refractivity contribution in [3.05, 3.63) is 40.7 Å². The fourth-order valence-electron chi connectivity index (χ4n) is 2.57. The van der Waals surface area contributed by atoms with Gasteiger partial charge in [-0.1, -0.05) is 0 Å². The standard InChI is InChI=1S/C18H18N2O5/c1-22-11-5-10(6-12(7-11)23-2)17-19-14-8-13(24-3)9-15(25-4)16(14)18(21)20-17/h5-9H,1-4H3,(H,19,20,21). The highest BCUT2D eigenvalue weighted by atomic mass is 16.5. The van der Waals surface area contributed by atoms with Crippen LogP contribution < -0.4 is 24.5 Å². The maximum atomic E-state index is 12.6. The van der Waals surface area contributed by atoms with Gasteiger partial charge in [-0.25, -0.2) is 4.98 Å². The predicted molar refractivity (Wildman–Crippen MR) is 94.0 cm³/mol. The van der Waals surface area contributed by atoms with Crippen LogP contribution >= 0.6 is 0 Å². The minimum atomic E-state index is -0.304. The second-order valence-electron chi connectivity index (χ2n) is 5.24. The Hall–Kier alpha value is -3.22. The number of nitrogens with one attached hydrogen (secondary N) is 1. The van der Waals surface area contributed by atoms with E-state index in [-0.39, 0.29) is 5.56 Å². The molecule has 3 aromatic rings. The molecule has 0 saturated carbocycles. The number of aromatic amines is 1. The molecule has 0 aliphatic rings. The topological polar surface area (TPSA) is 82.7 Å². The summed E-state index contributed by atoms with van der Waals surface area (Å²) in [7, 11) is 6.16. The average Bonchev–Trinajstić information content (AvgIpc) is 2.66. The van der Waals surface area contributed by atoms with Crippen LogP contribution in [0.25, 0.3) is 22.3 Å². The molecule has 0 atom stereocenters. The Bertz CT molecular complexity index is 959. The Kier molecular flexibility index (Phi) is 4.47. The van der Waals surface area contributed by atoms with Gasteiger partial charge < -0.3 is 23.9 Å². The quantitative estimate of drug-likeness (QED) is 0.767. The lowest BCUT2D eigenvalue weighted by atomic mass is 10.1. The molecule has 0 aliphatic heterocycles. The monoisotopic (exact) mass is 342 g/mol. The molecule has 0 unspecified atom stereocenters. The minimum Gasteiger partial charge on any atom is -0.497 e. The molecule has 3 rings (SSSR count). The van der Waals surface area contributed by atoms with Crippen LogP contribution in [-0.2, 0) is 0 Å². The summed E-state index contributed by atoms with van der Waals surface area (Å²) < 4.78 is 21.1. The fraction of sp³-hybridized carbons (Fsp3) is 0.222. The maximum Gasteiger partial charge on any atom is 0.262 e. The SMILES string of the molecule is COc1cc(OC)cc(-c2nc3cc(OC)cc(OC)c3c(=O)[nH]2)c1. The van der Waals surface area contributed by atoms with Gasteiger partial charge >= 0.3 is 0 Å². The summed E-state index contributed by atoms with van der Waals surface area (Å²) in [5.74, 6) is 2.54. The van der Waals surface area contributed by atoms with Crippen molar-refractivity contribution in [2.75, 3.05) is 28.4 Å². The number of fused-ring (bicyclic) bond motifs is 1. The molecule has 7 nitrogen and oxygen atoms in total. The van der Waals surface area contributed by atoms with Crippen LogP contribution in [-0.4, -0.2) is 38.4 Å². The van der Waals surface area contributed by atoms with Gasteiger partial charge in [0.05, 0.1) is 34.0 Å². The minimum absolute atomic E-state index is 0.304. The number of nitrogens with zero attached hydrogens (tertiary/aromatic N) is 1. The summed E-state index contributed by atoms with van der Waals surface area (Å²) in [5, 5.41) is 0.363. The van der Waals surface area contributed by atoms with E-state index in [1.165, 1.54) is 7.11 Å². The van der Waals surface area contributed by atoms with Crippen molar-refractivity contribution in [1.29, 1.82) is 0 Å². The summed E-state index contributed by atoms with van der Waals surface area (Å²) in [6.07, 6.45) is 0. The molecule has 25 heavy (non-hydrogen) atoms. The predicted octanol–water partition coefficient (Wildman–Crippen LogP) is 2.62. The number of ether oxygens (including phenoxy) is 4. The van der Waals surface area contributed by atoms with Crippen molar-refractivity contribution in [2.24, 2.45) is 0 Å². The normalized spacial score (nSPS) is 10.6. The van der Waals surface area contributed by atoms with Crippen LogP contribution in [0.15, 0.2) is 35.1 Å². The lowest BCUT2D eigenvalue weighted by Gasteiger charge is -2.11. The van der Waals surface area contributed by atoms with Gasteiger partial charge in [-0.3, -0.25) is 4.79 Å². The molecule has 0 fully saturated rings. The summed E-state index contributed by atoms with van der Waals surface area (Å²) in [6, 6.07) is 8.62. The largest absolute Gasteiger partial charge is 0.497 e. The molecule has 2 aromatic carbocycles. The van der Waals surface area contributed by atoms with Crippen molar-refractivity contribution in [3.63, 3.8) is 0 Å². The smallest absolute Gasteiger partial charge is 0.262 e. The van der Waals surface area contributed by atoms with Gasteiger partial charge in [0.25, 0.3) is 5.56 Å². The van der Waals surface area contributed by atoms with E-state index in [9.17, 15) is 4.79 Å². The molecule has 1 heterocycles. The van der Waals surface area contributed by atoms with Gasteiger partial charge in [0.15, 0.2) is 0 Å². The zero-order chi connectivity index (χ0) is 18.0. The van der Waals surface area contributed by atoms with Gasteiger partial charge in [-0.2, -0.15) is 0 Å². The number of H-pyrrole nitrogens is 1. The number of hydrogen-bond donors (Lipinski definition) is 1. The number of hydrogen-bond acceptors (Lipinski definition) is 6. The van der Waals surface area contributed by atoms with E-state index in [0.29, 0.717) is 45.3 Å². The van der Waals surface area contributed by atoms with Crippen LogP contribution in [0.4, 0.5) is 0 Å². The van der Waals surface area contributed by atoms with Gasteiger partial charge in [0, 0.05) is 23.8 Å². The van der Waals surface area contributed by atoms with Crippen molar-refractivity contribution in [1.82, 2.24) is 9.97 Å². The van der Waals surface area contributed by atoms with Gasteiger partial charge in [-0.05, 0) is 12.1 Å². The van der Waals surface area contributed by atoms with Crippen LogP contribution in [0, 0.1) is 0 Å². The number of benzene rings is 2. The first-order valence-electron chi connectivity index (χ1n) is 7.49. The fourth-order valence-corrected chi connectivity index (χ4v) is 2.57. The first-order valence-corrected chi connectivity index (χ1v) is 7.49. The number of methoxy groups -OCH3 is 4. The highest BCUT2D eigenvalue weighted by Crippen LogP contribution is 2.31. The molecular formula is C18H18N2O5. The summed E-state index contributed by atoms with van der Waals surface area (Å²) in [5.41, 5.74) is 0.829. The lowest BCUT2D eigenvalue weighted by molar-refractivity contribution is 0.394. The Morgan fingerprint density at radius 3 is 1.96 bits per heavy atom. The zero-order valence-corrected chi connectivity index (χ0v) is 14.4. The van der Waals surface area contributed by atoms with E-state index in [2.05, 4.69) is 9.97 Å². The average molecular weight is 342 g/mol. The second-order valence-corrected chi connectivity index (χ2v) is 5.24. The molecular weight excluding hydrogens is 324 g/mol. The van der Waals surface area contributed by atoms with Crippen LogP contribution in [0.5, 0.6) is 23.0 Å². The molecule has 1 N–H and O–H groups in total. The number of rotatable bonds is 5. The molecule has 7 heteroatoms. The highest BCUT2D eigenvalue weighted by Gasteiger charge is 2.14. The van der Waals surface area contributed by atoms with Gasteiger partial charge in [-0.15, -0.1) is 0 Å². The highest BCUT2D eigenvalue weighted by molar-refractivity contribution is 5.87. The van der Waals surface area contributed by atoms with Crippen molar-refractivity contribution in [3.8, 4) is 34.4 Å². The van der Waals surface area contributed by atoms with Crippen molar-refractivity contribution in [2.45, 2.75) is 0 Å². The second kappa shape index (κ2) is 6.72.